The first kappa shape index (κ1) is 18.8. The van der Waals surface area contributed by atoms with Gasteiger partial charge in [-0.2, -0.15) is 4.98 Å². The van der Waals surface area contributed by atoms with Gasteiger partial charge in [0.1, 0.15) is 5.69 Å². The summed E-state index contributed by atoms with van der Waals surface area (Å²) in [5.41, 5.74) is 0.992. The summed E-state index contributed by atoms with van der Waals surface area (Å²) < 4.78 is 5.37. The molecule has 1 saturated heterocycles. The van der Waals surface area contributed by atoms with Gasteiger partial charge in [0.2, 0.25) is 11.7 Å². The minimum atomic E-state index is -0.108. The van der Waals surface area contributed by atoms with E-state index in [-0.39, 0.29) is 11.8 Å². The van der Waals surface area contributed by atoms with Crippen molar-refractivity contribution in [3.05, 3.63) is 58.3 Å². The molecule has 144 valence electrons. The maximum absolute atomic E-state index is 12.9. The number of halogens is 2. The van der Waals surface area contributed by atoms with Crippen LogP contribution in [-0.2, 0) is 6.42 Å². The van der Waals surface area contributed by atoms with E-state index < -0.39 is 0 Å². The molecule has 28 heavy (non-hydrogen) atoms. The quantitative estimate of drug-likeness (QED) is 0.639. The molecule has 9 heteroatoms. The Balaban J connectivity index is 1.44. The highest BCUT2D eigenvalue weighted by atomic mass is 35.5. The molecule has 3 aromatic rings. The normalized spacial score (nSPS) is 16.9. The first-order chi connectivity index (χ1) is 13.6. The zero-order valence-electron chi connectivity index (χ0n) is 14.9. The van der Waals surface area contributed by atoms with Gasteiger partial charge >= 0.3 is 0 Å². The van der Waals surface area contributed by atoms with Crippen molar-refractivity contribution in [3.8, 4) is 11.5 Å². The number of likely N-dealkylation sites (tertiary alicyclic amines) is 1. The van der Waals surface area contributed by atoms with Gasteiger partial charge in [-0.3, -0.25) is 9.78 Å². The lowest BCUT2D eigenvalue weighted by molar-refractivity contribution is 0.0668. The van der Waals surface area contributed by atoms with E-state index in [1.54, 1.807) is 36.8 Å². The number of hydrogen-bond donors (Lipinski definition) is 0. The zero-order valence-corrected chi connectivity index (χ0v) is 16.4. The third-order valence-corrected chi connectivity index (χ3v) is 5.25. The highest BCUT2D eigenvalue weighted by molar-refractivity contribution is 6.35. The molecule has 2 aromatic heterocycles. The first-order valence-corrected chi connectivity index (χ1v) is 9.69. The molecule has 1 aliphatic heterocycles. The van der Waals surface area contributed by atoms with Crippen molar-refractivity contribution in [2.75, 3.05) is 13.1 Å². The number of carbonyl (C=O) groups is 1. The number of rotatable bonds is 4. The fraction of sp³-hybridized carbons (Fsp3) is 0.316. The zero-order chi connectivity index (χ0) is 19.5. The van der Waals surface area contributed by atoms with Crippen molar-refractivity contribution in [1.82, 2.24) is 25.0 Å². The van der Waals surface area contributed by atoms with E-state index in [0.29, 0.717) is 52.5 Å². The van der Waals surface area contributed by atoms with Crippen LogP contribution in [0.2, 0.25) is 10.0 Å². The number of amides is 1. The smallest absolute Gasteiger partial charge is 0.255 e. The van der Waals surface area contributed by atoms with Crippen molar-refractivity contribution < 1.29 is 9.32 Å². The Hall–Kier alpha value is -2.51. The van der Waals surface area contributed by atoms with Gasteiger partial charge in [-0.1, -0.05) is 28.4 Å². The average molecular weight is 418 g/mol. The Kier molecular flexibility index (Phi) is 5.54. The monoisotopic (exact) mass is 417 g/mol. The maximum atomic E-state index is 12.9. The molecule has 0 bridgehead atoms. The number of benzene rings is 1. The molecule has 0 spiro atoms. The molecule has 0 saturated carbocycles. The van der Waals surface area contributed by atoms with E-state index in [1.165, 1.54) is 0 Å². The number of hydrogen-bond acceptors (Lipinski definition) is 6. The van der Waals surface area contributed by atoms with Gasteiger partial charge in [0.15, 0.2) is 0 Å². The molecule has 1 unspecified atom stereocenters. The molecule has 0 N–H and O–H groups in total. The summed E-state index contributed by atoms with van der Waals surface area (Å²) in [6.07, 6.45) is 7.24. The SMILES string of the molecule is O=C(c1cc(Cl)ccc1Cl)N1CCCC(Cc2nc(-c3cnccn3)no2)C1. The van der Waals surface area contributed by atoms with E-state index in [4.69, 9.17) is 27.7 Å². The molecule has 4 rings (SSSR count). The van der Waals surface area contributed by atoms with Crippen molar-refractivity contribution in [3.63, 3.8) is 0 Å². The summed E-state index contributed by atoms with van der Waals surface area (Å²) in [6.45, 7) is 1.29. The van der Waals surface area contributed by atoms with Crippen LogP contribution in [0.15, 0.2) is 41.3 Å². The molecule has 0 radical (unpaired) electrons. The van der Waals surface area contributed by atoms with Gasteiger partial charge < -0.3 is 9.42 Å². The van der Waals surface area contributed by atoms with Gasteiger partial charge in [-0.25, -0.2) is 4.98 Å². The minimum absolute atomic E-state index is 0.108. The van der Waals surface area contributed by atoms with E-state index in [1.807, 2.05) is 4.90 Å². The van der Waals surface area contributed by atoms with E-state index in [9.17, 15) is 4.79 Å². The largest absolute Gasteiger partial charge is 0.339 e. The second-order valence-corrected chi connectivity index (χ2v) is 7.53. The van der Waals surface area contributed by atoms with Crippen molar-refractivity contribution in [2.45, 2.75) is 19.3 Å². The van der Waals surface area contributed by atoms with Gasteiger partial charge in [-0.15, -0.1) is 0 Å². The van der Waals surface area contributed by atoms with E-state index in [0.717, 1.165) is 12.8 Å². The van der Waals surface area contributed by atoms with Crippen LogP contribution in [0.25, 0.3) is 11.5 Å². The Labute approximate surface area is 171 Å². The van der Waals surface area contributed by atoms with Crippen LogP contribution < -0.4 is 0 Å². The second kappa shape index (κ2) is 8.24. The van der Waals surface area contributed by atoms with Crippen molar-refractivity contribution in [1.29, 1.82) is 0 Å². The van der Waals surface area contributed by atoms with Crippen molar-refractivity contribution >= 4 is 29.1 Å². The summed E-state index contributed by atoms with van der Waals surface area (Å²) in [5.74, 6) is 1.06. The summed E-state index contributed by atoms with van der Waals surface area (Å²) in [4.78, 5) is 27.3. The Bertz CT molecular complexity index is 979. The van der Waals surface area contributed by atoms with Gasteiger partial charge in [0, 0.05) is 36.9 Å². The van der Waals surface area contributed by atoms with Crippen LogP contribution in [0.4, 0.5) is 0 Å². The molecule has 7 nitrogen and oxygen atoms in total. The third-order valence-electron chi connectivity index (χ3n) is 4.69. The lowest BCUT2D eigenvalue weighted by Gasteiger charge is -2.32. The fourth-order valence-corrected chi connectivity index (χ4v) is 3.72. The van der Waals surface area contributed by atoms with Crippen LogP contribution in [0.3, 0.4) is 0 Å². The van der Waals surface area contributed by atoms with Crippen LogP contribution in [0.1, 0.15) is 29.1 Å². The number of aromatic nitrogens is 4. The van der Waals surface area contributed by atoms with Crippen molar-refractivity contribution in [2.24, 2.45) is 5.92 Å². The highest BCUT2D eigenvalue weighted by Crippen LogP contribution is 2.26. The Morgan fingerprint density at radius 3 is 3.00 bits per heavy atom. The molecule has 1 amide bonds. The molecule has 1 aliphatic rings. The van der Waals surface area contributed by atoms with E-state index >= 15 is 0 Å². The molecule has 1 atom stereocenters. The first-order valence-electron chi connectivity index (χ1n) is 8.93. The summed E-state index contributed by atoms with van der Waals surface area (Å²) >= 11 is 12.2. The second-order valence-electron chi connectivity index (χ2n) is 6.69. The number of nitrogens with zero attached hydrogens (tertiary/aromatic N) is 5. The lowest BCUT2D eigenvalue weighted by Crippen LogP contribution is -2.40. The number of piperidine rings is 1. The fourth-order valence-electron chi connectivity index (χ4n) is 3.35. The maximum Gasteiger partial charge on any atom is 0.255 e. The lowest BCUT2D eigenvalue weighted by atomic mass is 9.94. The molecule has 1 aromatic carbocycles. The van der Waals surface area contributed by atoms with Gasteiger partial charge in [0.25, 0.3) is 5.91 Å². The minimum Gasteiger partial charge on any atom is -0.339 e. The molecular weight excluding hydrogens is 401 g/mol. The molecule has 1 fully saturated rings. The third kappa shape index (κ3) is 4.15. The van der Waals surface area contributed by atoms with Gasteiger partial charge in [0.05, 0.1) is 16.8 Å². The number of carbonyl (C=O) groups excluding carboxylic acids is 1. The summed E-state index contributed by atoms with van der Waals surface area (Å²) in [6, 6.07) is 4.93. The molecule has 0 aliphatic carbocycles. The summed E-state index contributed by atoms with van der Waals surface area (Å²) in [5, 5.41) is 4.87. The summed E-state index contributed by atoms with van der Waals surface area (Å²) in [7, 11) is 0. The Morgan fingerprint density at radius 1 is 1.29 bits per heavy atom. The van der Waals surface area contributed by atoms with Crippen LogP contribution in [0, 0.1) is 5.92 Å². The molecular formula is C19H17Cl2N5O2. The average Bonchev–Trinajstić information content (AvgIpc) is 3.18. The topological polar surface area (TPSA) is 85.0 Å². The highest BCUT2D eigenvalue weighted by Gasteiger charge is 2.27. The van der Waals surface area contributed by atoms with E-state index in [2.05, 4.69) is 20.1 Å². The predicted molar refractivity (Wildman–Crippen MR) is 104 cm³/mol. The van der Waals surface area contributed by atoms with Gasteiger partial charge in [-0.05, 0) is 37.0 Å². The molecule has 3 heterocycles. The van der Waals surface area contributed by atoms with Crippen LogP contribution in [-0.4, -0.2) is 44.0 Å². The standard InChI is InChI=1S/C19H17Cl2N5O2/c20-13-3-4-15(21)14(9-13)19(27)26-7-1-2-12(11-26)8-17-24-18(25-28-17)16-10-22-5-6-23-16/h3-6,9-10,12H,1-2,7-8,11H2. The van der Waals surface area contributed by atoms with Crippen LogP contribution in [0.5, 0.6) is 0 Å². The predicted octanol–water partition coefficient (Wildman–Crippen LogP) is 3.93. The van der Waals surface area contributed by atoms with Crippen LogP contribution >= 0.6 is 23.2 Å². The Morgan fingerprint density at radius 2 is 2.18 bits per heavy atom.